The van der Waals surface area contributed by atoms with Crippen molar-refractivity contribution >= 4 is 11.6 Å². The van der Waals surface area contributed by atoms with Crippen LogP contribution in [0.5, 0.6) is 5.75 Å². The van der Waals surface area contributed by atoms with E-state index >= 15 is 0 Å². The van der Waals surface area contributed by atoms with E-state index in [-0.39, 0.29) is 29.5 Å². The molecule has 30 heavy (non-hydrogen) atoms. The van der Waals surface area contributed by atoms with Crippen LogP contribution < -0.4 is 15.6 Å². The summed E-state index contributed by atoms with van der Waals surface area (Å²) in [5, 5.41) is 10.5. The number of hydrogen-bond donors (Lipinski definition) is 3. The van der Waals surface area contributed by atoms with Crippen molar-refractivity contribution in [3.8, 4) is 5.75 Å². The monoisotopic (exact) mass is 428 g/mol. The fraction of sp³-hybridized carbons (Fsp3) is 0.429. The number of amides is 1. The third kappa shape index (κ3) is 8.69. The van der Waals surface area contributed by atoms with Gasteiger partial charge in [-0.05, 0) is 36.1 Å². The number of pyridine rings is 1. The summed E-state index contributed by atoms with van der Waals surface area (Å²) < 4.78 is 44.3. The van der Waals surface area contributed by atoms with E-state index in [1.54, 1.807) is 0 Å². The number of aromatic amines is 1. The molecule has 2 rings (SSSR count). The maximum Gasteiger partial charge on any atom is 0.416 e. The number of rotatable bonds is 6. The lowest BCUT2D eigenvalue weighted by atomic mass is 10.1. The second kappa shape index (κ2) is 11.4. The molecule has 3 N–H and O–H groups in total. The lowest BCUT2D eigenvalue weighted by molar-refractivity contribution is -0.137. The van der Waals surface area contributed by atoms with Crippen LogP contribution in [0.15, 0.2) is 41.3 Å². The van der Waals surface area contributed by atoms with Gasteiger partial charge in [-0.1, -0.05) is 27.7 Å². The normalized spacial score (nSPS) is 11.1. The number of halogens is 3. The van der Waals surface area contributed by atoms with Crippen LogP contribution in [0.25, 0.3) is 0 Å². The lowest BCUT2D eigenvalue weighted by Gasteiger charge is -2.15. The Morgan fingerprint density at radius 1 is 1.13 bits per heavy atom. The molecule has 6 nitrogen and oxygen atoms in total. The second-order valence-corrected chi connectivity index (χ2v) is 7.39. The molecule has 0 saturated carbocycles. The Morgan fingerprint density at radius 3 is 2.27 bits per heavy atom. The third-order valence-corrected chi connectivity index (χ3v) is 3.52. The number of ether oxygens (including phenoxy) is 1. The van der Waals surface area contributed by atoms with Gasteiger partial charge in [-0.15, -0.1) is 0 Å². The van der Waals surface area contributed by atoms with Crippen molar-refractivity contribution in [3.05, 3.63) is 58.0 Å². The molecule has 0 fully saturated rings. The van der Waals surface area contributed by atoms with Gasteiger partial charge >= 0.3 is 6.18 Å². The molecule has 0 saturated heterocycles. The lowest BCUT2D eigenvalue weighted by Crippen LogP contribution is -2.18. The smallest absolute Gasteiger partial charge is 0.416 e. The average molecular weight is 428 g/mol. The summed E-state index contributed by atoms with van der Waals surface area (Å²) in [6.45, 7) is 8.25. The maximum absolute atomic E-state index is 12.9. The Labute approximate surface area is 173 Å². The predicted molar refractivity (Wildman–Crippen MR) is 109 cm³/mol. The molecule has 0 unspecified atom stereocenters. The van der Waals surface area contributed by atoms with Crippen molar-refractivity contribution < 1.29 is 27.8 Å². The van der Waals surface area contributed by atoms with Gasteiger partial charge in [0.15, 0.2) is 0 Å². The van der Waals surface area contributed by atoms with Crippen molar-refractivity contribution in [1.82, 2.24) is 4.98 Å². The number of anilines is 1. The van der Waals surface area contributed by atoms with E-state index in [1.807, 2.05) is 27.7 Å². The van der Waals surface area contributed by atoms with E-state index in [4.69, 9.17) is 9.84 Å². The van der Waals surface area contributed by atoms with Crippen molar-refractivity contribution in [2.24, 2.45) is 11.8 Å². The molecule has 0 aliphatic rings. The molecular weight excluding hydrogens is 401 g/mol. The molecule has 1 amide bonds. The molecule has 0 aliphatic heterocycles. The van der Waals surface area contributed by atoms with Gasteiger partial charge in [-0.25, -0.2) is 0 Å². The molecule has 1 aromatic carbocycles. The number of carbonyl (C=O) groups is 1. The molecule has 1 aromatic heterocycles. The van der Waals surface area contributed by atoms with Gasteiger partial charge in [0.2, 0.25) is 5.56 Å². The first-order chi connectivity index (χ1) is 13.9. The third-order valence-electron chi connectivity index (χ3n) is 3.52. The van der Waals surface area contributed by atoms with E-state index in [1.165, 1.54) is 12.3 Å². The van der Waals surface area contributed by atoms with Crippen LogP contribution in [-0.2, 0) is 6.18 Å². The number of nitrogens with one attached hydrogen (secondary N) is 2. The Balaban J connectivity index is 0.000000804. The molecule has 0 atom stereocenters. The van der Waals surface area contributed by atoms with E-state index in [2.05, 4.69) is 10.3 Å². The molecule has 0 aliphatic carbocycles. The summed E-state index contributed by atoms with van der Waals surface area (Å²) in [5.74, 6) is -0.180. The Bertz CT molecular complexity index is 877. The minimum atomic E-state index is -4.59. The molecule has 0 bridgehead atoms. The van der Waals surface area contributed by atoms with Crippen LogP contribution in [0.2, 0.25) is 0 Å². The second-order valence-electron chi connectivity index (χ2n) is 7.39. The molecule has 166 valence electrons. The molecule has 2 aromatic rings. The van der Waals surface area contributed by atoms with Crippen molar-refractivity contribution in [3.63, 3.8) is 0 Å². The van der Waals surface area contributed by atoms with Crippen LogP contribution in [0.1, 0.15) is 43.6 Å². The van der Waals surface area contributed by atoms with Gasteiger partial charge in [0.05, 0.1) is 17.7 Å². The topological polar surface area (TPSA) is 91.4 Å². The zero-order valence-corrected chi connectivity index (χ0v) is 17.3. The van der Waals surface area contributed by atoms with Gasteiger partial charge in [-0.3, -0.25) is 9.59 Å². The van der Waals surface area contributed by atoms with E-state index in [0.717, 1.165) is 24.3 Å². The van der Waals surface area contributed by atoms with E-state index in [9.17, 15) is 22.8 Å². The Hall–Kier alpha value is -2.81. The highest BCUT2D eigenvalue weighted by atomic mass is 19.4. The molecule has 0 spiro atoms. The first-order valence-electron chi connectivity index (χ1n) is 9.39. The Morgan fingerprint density at radius 2 is 1.77 bits per heavy atom. The standard InChI is InChI=1S/C17H17F3N2O3.C4H10O/c1-10(2)9-25-14-4-3-11(17(18,19)20)7-13(14)16(24)22-12-5-6-21-15(23)8-12;1-4(2)3-5/h3-8,10H,9H2,1-2H3,(H2,21,22,23,24);4-5H,3H2,1-2H3. The number of hydrogen-bond acceptors (Lipinski definition) is 4. The first-order valence-corrected chi connectivity index (χ1v) is 9.39. The summed E-state index contributed by atoms with van der Waals surface area (Å²) in [6.07, 6.45) is -3.27. The summed E-state index contributed by atoms with van der Waals surface area (Å²) in [5.41, 5.74) is -1.49. The minimum Gasteiger partial charge on any atom is -0.492 e. The first kappa shape index (κ1) is 25.2. The van der Waals surface area contributed by atoms with Crippen LogP contribution in [0, 0.1) is 11.8 Å². The fourth-order valence-electron chi connectivity index (χ4n) is 1.99. The molecule has 9 heteroatoms. The van der Waals surface area contributed by atoms with Crippen LogP contribution in [0.4, 0.5) is 18.9 Å². The van der Waals surface area contributed by atoms with Crippen molar-refractivity contribution in [1.29, 1.82) is 0 Å². The highest BCUT2D eigenvalue weighted by Gasteiger charge is 2.32. The number of H-pyrrole nitrogens is 1. The van der Waals surface area contributed by atoms with Crippen molar-refractivity contribution in [2.75, 3.05) is 18.5 Å². The van der Waals surface area contributed by atoms with Crippen LogP contribution in [-0.4, -0.2) is 29.2 Å². The number of aromatic nitrogens is 1. The summed E-state index contributed by atoms with van der Waals surface area (Å²) in [6, 6.07) is 5.26. The quantitative estimate of drug-likeness (QED) is 0.639. The highest BCUT2D eigenvalue weighted by Crippen LogP contribution is 2.33. The van der Waals surface area contributed by atoms with Gasteiger partial charge in [0.25, 0.3) is 5.91 Å². The number of benzene rings is 1. The maximum atomic E-state index is 12.9. The number of aliphatic hydroxyl groups is 1. The average Bonchev–Trinajstić information content (AvgIpc) is 2.65. The number of carbonyl (C=O) groups excluding carboxylic acids is 1. The van der Waals surface area contributed by atoms with E-state index < -0.39 is 23.2 Å². The van der Waals surface area contributed by atoms with Gasteiger partial charge in [-0.2, -0.15) is 13.2 Å². The zero-order chi connectivity index (χ0) is 22.9. The van der Waals surface area contributed by atoms with Gasteiger partial charge in [0.1, 0.15) is 5.75 Å². The van der Waals surface area contributed by atoms with Gasteiger partial charge in [0, 0.05) is 24.6 Å². The largest absolute Gasteiger partial charge is 0.492 e. The summed E-state index contributed by atoms with van der Waals surface area (Å²) >= 11 is 0. The van der Waals surface area contributed by atoms with E-state index in [0.29, 0.717) is 12.5 Å². The summed E-state index contributed by atoms with van der Waals surface area (Å²) in [7, 11) is 0. The van der Waals surface area contributed by atoms with Crippen LogP contribution >= 0.6 is 0 Å². The Kier molecular flexibility index (Phi) is 9.58. The molecule has 0 radical (unpaired) electrons. The number of aliphatic hydroxyl groups excluding tert-OH is 1. The molecular formula is C21H27F3N2O4. The summed E-state index contributed by atoms with van der Waals surface area (Å²) in [4.78, 5) is 26.0. The van der Waals surface area contributed by atoms with Crippen LogP contribution in [0.3, 0.4) is 0 Å². The van der Waals surface area contributed by atoms with Crippen molar-refractivity contribution in [2.45, 2.75) is 33.9 Å². The highest BCUT2D eigenvalue weighted by molar-refractivity contribution is 6.06. The zero-order valence-electron chi connectivity index (χ0n) is 17.3. The molecule has 1 heterocycles. The SMILES string of the molecule is CC(C)CO.CC(C)COc1ccc(C(F)(F)F)cc1C(=O)Nc1cc[nH]c(=O)c1. The fourth-order valence-corrected chi connectivity index (χ4v) is 1.99. The minimum absolute atomic E-state index is 0.0454. The predicted octanol–water partition coefficient (Wildman–Crippen LogP) is 4.32. The van der Waals surface area contributed by atoms with Gasteiger partial charge < -0.3 is 20.1 Å². The number of alkyl halides is 3.